The molecule has 0 rings (SSSR count). The van der Waals surface area contributed by atoms with Crippen LogP contribution in [-0.4, -0.2) is 23.9 Å². The summed E-state index contributed by atoms with van der Waals surface area (Å²) >= 11 is 2.55. The number of unbranched alkanes of at least 4 members (excludes halogenated alkanes) is 5. The Kier molecular flexibility index (Phi) is 19.5. The van der Waals surface area contributed by atoms with Crippen LogP contribution in [0.15, 0.2) is 0 Å². The molecule has 0 aliphatic carbocycles. The van der Waals surface area contributed by atoms with Crippen molar-refractivity contribution in [3.63, 3.8) is 0 Å². The van der Waals surface area contributed by atoms with Gasteiger partial charge in [-0.25, -0.2) is 0 Å². The summed E-state index contributed by atoms with van der Waals surface area (Å²) in [7, 11) is 0. The van der Waals surface area contributed by atoms with Gasteiger partial charge >= 0.3 is 0 Å². The van der Waals surface area contributed by atoms with Crippen molar-refractivity contribution in [1.29, 1.82) is 0 Å². The van der Waals surface area contributed by atoms with Crippen molar-refractivity contribution < 1.29 is 9.47 Å². The molecule has 4 unspecified atom stereocenters. The maximum absolute atomic E-state index is 5.62. The highest BCUT2D eigenvalue weighted by Crippen LogP contribution is 2.25. The number of ether oxygens (including phenoxy) is 2. The topological polar surface area (TPSA) is 18.5 Å². The molecule has 4 atom stereocenters. The quantitative estimate of drug-likeness (QED) is 0.0803. The van der Waals surface area contributed by atoms with Gasteiger partial charge in [-0.2, -0.15) is 0 Å². The van der Waals surface area contributed by atoms with Crippen LogP contribution in [0.25, 0.3) is 0 Å². The zero-order chi connectivity index (χ0) is 19.6. The largest absolute Gasteiger partial charge is 0.355 e. The Morgan fingerprint density at radius 1 is 0.654 bits per heavy atom. The van der Waals surface area contributed by atoms with E-state index in [9.17, 15) is 0 Å². The molecule has 0 bridgehead atoms. The number of halogens is 1. The van der Waals surface area contributed by atoms with Gasteiger partial charge in [-0.3, -0.25) is 0 Å². The molecule has 2 nitrogen and oxygen atoms in total. The summed E-state index contributed by atoms with van der Waals surface area (Å²) in [6.07, 6.45) is 14.4. The number of hydrogen-bond acceptors (Lipinski definition) is 2. The third-order valence-electron chi connectivity index (χ3n) is 5.13. The highest BCUT2D eigenvalue weighted by Gasteiger charge is 2.13. The van der Waals surface area contributed by atoms with Gasteiger partial charge in [-0.1, -0.05) is 89.3 Å². The van der Waals surface area contributed by atoms with Crippen molar-refractivity contribution >= 4 is 22.6 Å². The molecule has 0 aromatic rings. The van der Waals surface area contributed by atoms with Crippen LogP contribution in [0.2, 0.25) is 0 Å². The first-order valence-electron chi connectivity index (χ1n) is 11.2. The van der Waals surface area contributed by atoms with Crippen LogP contribution in [0.5, 0.6) is 0 Å². The van der Waals surface area contributed by atoms with Crippen LogP contribution in [-0.2, 0) is 9.47 Å². The lowest BCUT2D eigenvalue weighted by atomic mass is 9.86. The first-order chi connectivity index (χ1) is 12.5. The molecule has 0 saturated carbocycles. The molecule has 0 N–H and O–H groups in total. The summed E-state index contributed by atoms with van der Waals surface area (Å²) in [4.78, 5) is 0. The molecular weight excluding hydrogens is 435 g/mol. The fraction of sp³-hybridized carbons (Fsp3) is 1.00. The summed E-state index contributed by atoms with van der Waals surface area (Å²) in [5.41, 5.74) is 0. The van der Waals surface area contributed by atoms with Gasteiger partial charge in [0.25, 0.3) is 0 Å². The van der Waals surface area contributed by atoms with E-state index in [2.05, 4.69) is 57.2 Å². The monoisotopic (exact) mass is 482 g/mol. The lowest BCUT2D eigenvalue weighted by Gasteiger charge is -2.21. The molecule has 3 heteroatoms. The number of rotatable bonds is 19. The fourth-order valence-corrected chi connectivity index (χ4v) is 4.80. The Morgan fingerprint density at radius 2 is 1.19 bits per heavy atom. The van der Waals surface area contributed by atoms with Gasteiger partial charge < -0.3 is 9.47 Å². The SMILES string of the molecule is CCCCCCCCOCOCCCC(C)CC(C)CC(C)CC(C)I. The maximum Gasteiger partial charge on any atom is 0.146 e. The Morgan fingerprint density at radius 3 is 1.85 bits per heavy atom. The second kappa shape index (κ2) is 19.0. The minimum absolute atomic E-state index is 0.478. The van der Waals surface area contributed by atoms with E-state index in [4.69, 9.17) is 9.47 Å². The van der Waals surface area contributed by atoms with Crippen molar-refractivity contribution in [1.82, 2.24) is 0 Å². The molecule has 0 aromatic carbocycles. The van der Waals surface area contributed by atoms with E-state index >= 15 is 0 Å². The normalized spacial score (nSPS) is 16.4. The summed E-state index contributed by atoms with van der Waals surface area (Å²) in [6.45, 7) is 14.0. The Hall–Kier alpha value is 0.650. The van der Waals surface area contributed by atoms with Gasteiger partial charge in [-0.15, -0.1) is 0 Å². The van der Waals surface area contributed by atoms with E-state index in [1.165, 1.54) is 64.2 Å². The third kappa shape index (κ3) is 19.4. The van der Waals surface area contributed by atoms with Gasteiger partial charge in [0.2, 0.25) is 0 Å². The summed E-state index contributed by atoms with van der Waals surface area (Å²) < 4.78 is 12.0. The molecule has 0 spiro atoms. The molecule has 0 fully saturated rings. The Balaban J connectivity index is 3.39. The van der Waals surface area contributed by atoms with Crippen LogP contribution in [0.4, 0.5) is 0 Å². The zero-order valence-corrected chi connectivity index (χ0v) is 20.6. The first-order valence-corrected chi connectivity index (χ1v) is 12.5. The summed E-state index contributed by atoms with van der Waals surface area (Å²) in [6, 6.07) is 0. The van der Waals surface area contributed by atoms with Crippen LogP contribution in [0.3, 0.4) is 0 Å². The van der Waals surface area contributed by atoms with Crippen LogP contribution in [0.1, 0.15) is 105 Å². The van der Waals surface area contributed by atoms with Crippen molar-refractivity contribution in [3.05, 3.63) is 0 Å². The standard InChI is InChI=1S/C23H47IO2/c1-6-7-8-9-10-11-14-25-19-26-15-12-13-20(2)16-21(3)17-22(4)18-23(5)24/h20-23H,6-19H2,1-5H3. The Bertz CT molecular complexity index is 283. The van der Waals surface area contributed by atoms with E-state index in [1.807, 2.05) is 0 Å². The van der Waals surface area contributed by atoms with Crippen molar-refractivity contribution in [2.24, 2.45) is 17.8 Å². The smallest absolute Gasteiger partial charge is 0.146 e. The lowest BCUT2D eigenvalue weighted by Crippen LogP contribution is -2.11. The molecule has 158 valence electrons. The molecule has 0 aliphatic heterocycles. The first kappa shape index (κ1) is 26.6. The van der Waals surface area contributed by atoms with E-state index in [1.54, 1.807) is 0 Å². The van der Waals surface area contributed by atoms with Crippen molar-refractivity contribution in [2.45, 2.75) is 109 Å². The molecule has 0 aromatic heterocycles. The predicted octanol–water partition coefficient (Wildman–Crippen LogP) is 8.02. The van der Waals surface area contributed by atoms with Gasteiger partial charge in [0.05, 0.1) is 0 Å². The maximum atomic E-state index is 5.62. The average molecular weight is 483 g/mol. The summed E-state index contributed by atoms with van der Waals surface area (Å²) in [5.74, 6) is 2.51. The highest BCUT2D eigenvalue weighted by molar-refractivity contribution is 14.1. The highest BCUT2D eigenvalue weighted by atomic mass is 127. The van der Waals surface area contributed by atoms with Crippen LogP contribution in [0, 0.1) is 17.8 Å². The van der Waals surface area contributed by atoms with Gasteiger partial charge in [0, 0.05) is 17.1 Å². The minimum Gasteiger partial charge on any atom is -0.355 e. The second-order valence-electron chi connectivity index (χ2n) is 8.65. The van der Waals surface area contributed by atoms with Gasteiger partial charge in [0.1, 0.15) is 6.79 Å². The van der Waals surface area contributed by atoms with E-state index in [0.29, 0.717) is 6.79 Å². The van der Waals surface area contributed by atoms with Crippen molar-refractivity contribution in [2.75, 3.05) is 20.0 Å². The average Bonchev–Trinajstić information content (AvgIpc) is 2.54. The lowest BCUT2D eigenvalue weighted by molar-refractivity contribution is -0.0561. The molecule has 0 amide bonds. The molecule has 0 aliphatic rings. The minimum atomic E-state index is 0.478. The Labute approximate surface area is 178 Å². The molecule has 0 radical (unpaired) electrons. The van der Waals surface area contributed by atoms with E-state index in [-0.39, 0.29) is 0 Å². The van der Waals surface area contributed by atoms with E-state index < -0.39 is 0 Å². The third-order valence-corrected chi connectivity index (χ3v) is 5.64. The molecule has 0 heterocycles. The zero-order valence-electron chi connectivity index (χ0n) is 18.4. The number of hydrogen-bond donors (Lipinski definition) is 0. The van der Waals surface area contributed by atoms with Gasteiger partial charge in [0.15, 0.2) is 0 Å². The van der Waals surface area contributed by atoms with Gasteiger partial charge in [-0.05, 0) is 56.3 Å². The summed E-state index contributed by atoms with van der Waals surface area (Å²) in [5, 5.41) is 0. The fourth-order valence-electron chi connectivity index (χ4n) is 3.93. The van der Waals surface area contributed by atoms with Crippen LogP contribution < -0.4 is 0 Å². The molecule has 26 heavy (non-hydrogen) atoms. The van der Waals surface area contributed by atoms with Crippen molar-refractivity contribution in [3.8, 4) is 0 Å². The number of alkyl halides is 1. The van der Waals surface area contributed by atoms with Crippen LogP contribution >= 0.6 is 22.6 Å². The predicted molar refractivity (Wildman–Crippen MR) is 124 cm³/mol. The molecule has 0 saturated heterocycles. The molecular formula is C23H47IO2. The second-order valence-corrected chi connectivity index (χ2v) is 10.8. The van der Waals surface area contributed by atoms with E-state index in [0.717, 1.165) is 41.3 Å².